The van der Waals surface area contributed by atoms with Crippen LogP contribution in [0.4, 0.5) is 0 Å². The van der Waals surface area contributed by atoms with Crippen molar-refractivity contribution in [2.45, 2.75) is 38.4 Å². The van der Waals surface area contributed by atoms with Crippen molar-refractivity contribution in [3.05, 3.63) is 0 Å². The van der Waals surface area contributed by atoms with Crippen LogP contribution in [0.5, 0.6) is 0 Å². The van der Waals surface area contributed by atoms with E-state index in [1.807, 2.05) is 0 Å². The molecule has 0 aromatic rings. The van der Waals surface area contributed by atoms with Crippen molar-refractivity contribution in [2.24, 2.45) is 5.41 Å². The highest BCUT2D eigenvalue weighted by atomic mass is 32.2. The van der Waals surface area contributed by atoms with E-state index in [9.17, 15) is 8.42 Å². The summed E-state index contributed by atoms with van der Waals surface area (Å²) in [6.45, 7) is 7.30. The maximum Gasteiger partial charge on any atom is 0.218 e. The van der Waals surface area contributed by atoms with Crippen LogP contribution < -0.4 is 5.32 Å². The third-order valence-electron chi connectivity index (χ3n) is 3.87. The van der Waals surface area contributed by atoms with Gasteiger partial charge in [-0.2, -0.15) is 0 Å². The minimum Gasteiger partial charge on any atom is -0.315 e. The predicted molar refractivity (Wildman–Crippen MR) is 64.8 cm³/mol. The lowest BCUT2D eigenvalue weighted by Crippen LogP contribution is -2.45. The first kappa shape index (κ1) is 12.3. The molecule has 0 saturated carbocycles. The van der Waals surface area contributed by atoms with Gasteiger partial charge in [-0.25, -0.2) is 12.7 Å². The van der Waals surface area contributed by atoms with Crippen LogP contribution in [0, 0.1) is 5.41 Å². The Morgan fingerprint density at radius 1 is 1.25 bits per heavy atom. The van der Waals surface area contributed by atoms with Gasteiger partial charge in [-0.1, -0.05) is 13.8 Å². The quantitative estimate of drug-likeness (QED) is 0.784. The Labute approximate surface area is 98.4 Å². The summed E-state index contributed by atoms with van der Waals surface area (Å²) in [7, 11) is -3.04. The molecule has 0 bridgehead atoms. The summed E-state index contributed by atoms with van der Waals surface area (Å²) in [5.74, 6) is 0. The van der Waals surface area contributed by atoms with Gasteiger partial charge in [0.1, 0.15) is 0 Å². The van der Waals surface area contributed by atoms with E-state index in [2.05, 4.69) is 19.2 Å². The second-order valence-corrected chi connectivity index (χ2v) is 7.94. The van der Waals surface area contributed by atoms with Crippen molar-refractivity contribution in [3.8, 4) is 0 Å². The van der Waals surface area contributed by atoms with Crippen LogP contribution in [0.1, 0.15) is 33.1 Å². The van der Waals surface area contributed by atoms with Crippen LogP contribution in [-0.4, -0.2) is 44.2 Å². The number of nitrogens with zero attached hydrogens (tertiary/aromatic N) is 1. The molecule has 2 rings (SSSR count). The Balaban J connectivity index is 2.02. The monoisotopic (exact) mass is 246 g/mol. The van der Waals surface area contributed by atoms with E-state index in [1.54, 1.807) is 4.31 Å². The summed E-state index contributed by atoms with van der Waals surface area (Å²) in [5, 5.41) is 2.94. The standard InChI is InChI=1S/C11H22N2O2S/c1-11(2)4-7-13(8-5-11)16(14,15)10-3-6-12-9-10/h10,12H,3-9H2,1-2H3. The molecule has 2 fully saturated rings. The molecule has 94 valence electrons. The zero-order valence-electron chi connectivity index (χ0n) is 10.2. The molecule has 16 heavy (non-hydrogen) atoms. The molecule has 2 aliphatic heterocycles. The predicted octanol–water partition coefficient (Wildman–Crippen LogP) is 0.800. The van der Waals surface area contributed by atoms with Gasteiger partial charge in [0.2, 0.25) is 10.0 Å². The van der Waals surface area contributed by atoms with Crippen molar-refractivity contribution in [1.29, 1.82) is 0 Å². The number of nitrogens with one attached hydrogen (secondary N) is 1. The van der Waals surface area contributed by atoms with E-state index in [1.165, 1.54) is 0 Å². The normalized spacial score (nSPS) is 31.8. The molecule has 0 radical (unpaired) electrons. The van der Waals surface area contributed by atoms with Crippen molar-refractivity contribution in [2.75, 3.05) is 26.2 Å². The highest BCUT2D eigenvalue weighted by Crippen LogP contribution is 2.32. The molecule has 1 atom stereocenters. The highest BCUT2D eigenvalue weighted by molar-refractivity contribution is 7.89. The van der Waals surface area contributed by atoms with E-state index < -0.39 is 10.0 Å². The third-order valence-corrected chi connectivity index (χ3v) is 6.20. The summed E-state index contributed by atoms with van der Waals surface area (Å²) >= 11 is 0. The van der Waals surface area contributed by atoms with Gasteiger partial charge in [0, 0.05) is 19.6 Å². The van der Waals surface area contributed by atoms with E-state index in [0.29, 0.717) is 25.0 Å². The van der Waals surface area contributed by atoms with Crippen LogP contribution in [0.15, 0.2) is 0 Å². The zero-order valence-corrected chi connectivity index (χ0v) is 11.0. The number of hydrogen-bond acceptors (Lipinski definition) is 3. The molecule has 2 saturated heterocycles. The fourth-order valence-electron chi connectivity index (χ4n) is 2.44. The second kappa shape index (κ2) is 4.27. The van der Waals surface area contributed by atoms with Crippen LogP contribution in [0.2, 0.25) is 0 Å². The van der Waals surface area contributed by atoms with Crippen molar-refractivity contribution < 1.29 is 8.42 Å². The molecular weight excluding hydrogens is 224 g/mol. The number of piperidine rings is 1. The Morgan fingerprint density at radius 2 is 1.88 bits per heavy atom. The third kappa shape index (κ3) is 2.41. The lowest BCUT2D eigenvalue weighted by Gasteiger charge is -2.37. The summed E-state index contributed by atoms with van der Waals surface area (Å²) in [6, 6.07) is 0. The fraction of sp³-hybridized carbons (Fsp3) is 1.00. The summed E-state index contributed by atoms with van der Waals surface area (Å²) < 4.78 is 26.3. The van der Waals surface area contributed by atoms with Crippen LogP contribution >= 0.6 is 0 Å². The Kier molecular flexibility index (Phi) is 3.29. The maximum atomic E-state index is 12.3. The topological polar surface area (TPSA) is 49.4 Å². The lowest BCUT2D eigenvalue weighted by atomic mass is 9.83. The number of sulfonamides is 1. The molecule has 0 amide bonds. The minimum absolute atomic E-state index is 0.186. The van der Waals surface area contributed by atoms with E-state index in [-0.39, 0.29) is 5.25 Å². The van der Waals surface area contributed by atoms with Gasteiger partial charge in [0.05, 0.1) is 5.25 Å². The Hall–Kier alpha value is -0.130. The van der Waals surface area contributed by atoms with Gasteiger partial charge in [0.25, 0.3) is 0 Å². The first-order chi connectivity index (χ1) is 7.42. The molecule has 5 heteroatoms. The average Bonchev–Trinajstić information content (AvgIpc) is 2.70. The van der Waals surface area contributed by atoms with Gasteiger partial charge in [-0.05, 0) is 31.2 Å². The molecule has 0 aromatic heterocycles. The molecule has 0 aromatic carbocycles. The van der Waals surface area contributed by atoms with Crippen molar-refractivity contribution in [3.63, 3.8) is 0 Å². The van der Waals surface area contributed by atoms with Crippen molar-refractivity contribution >= 4 is 10.0 Å². The second-order valence-electron chi connectivity index (χ2n) is 5.72. The van der Waals surface area contributed by atoms with Gasteiger partial charge < -0.3 is 5.32 Å². The largest absolute Gasteiger partial charge is 0.315 e. The maximum absolute atomic E-state index is 12.3. The average molecular weight is 246 g/mol. The SMILES string of the molecule is CC1(C)CCN(S(=O)(=O)C2CCNC2)CC1. The molecule has 0 aliphatic carbocycles. The van der Waals surface area contributed by atoms with Gasteiger partial charge in [-0.15, -0.1) is 0 Å². The van der Waals surface area contributed by atoms with Gasteiger partial charge in [0.15, 0.2) is 0 Å². The van der Waals surface area contributed by atoms with Crippen LogP contribution in [0.3, 0.4) is 0 Å². The minimum atomic E-state index is -3.04. The molecule has 1 unspecified atom stereocenters. The zero-order chi connectivity index (χ0) is 11.8. The fourth-order valence-corrected chi connectivity index (χ4v) is 4.30. The summed E-state index contributed by atoms with van der Waals surface area (Å²) in [5.41, 5.74) is 0.306. The molecule has 4 nitrogen and oxygen atoms in total. The summed E-state index contributed by atoms with van der Waals surface area (Å²) in [6.07, 6.45) is 2.72. The smallest absolute Gasteiger partial charge is 0.218 e. The Morgan fingerprint density at radius 3 is 2.38 bits per heavy atom. The molecule has 2 heterocycles. The van der Waals surface area contributed by atoms with E-state index in [4.69, 9.17) is 0 Å². The lowest BCUT2D eigenvalue weighted by molar-refractivity contribution is 0.195. The first-order valence-electron chi connectivity index (χ1n) is 6.11. The first-order valence-corrected chi connectivity index (χ1v) is 7.62. The number of rotatable bonds is 2. The molecule has 2 aliphatic rings. The van der Waals surface area contributed by atoms with Crippen LogP contribution in [-0.2, 0) is 10.0 Å². The Bertz CT molecular complexity index is 335. The summed E-state index contributed by atoms with van der Waals surface area (Å²) in [4.78, 5) is 0. The van der Waals surface area contributed by atoms with Gasteiger partial charge in [-0.3, -0.25) is 0 Å². The molecule has 0 spiro atoms. The van der Waals surface area contributed by atoms with Gasteiger partial charge >= 0.3 is 0 Å². The van der Waals surface area contributed by atoms with Crippen LogP contribution in [0.25, 0.3) is 0 Å². The van der Waals surface area contributed by atoms with Crippen molar-refractivity contribution in [1.82, 2.24) is 9.62 Å². The molecular formula is C11H22N2O2S. The van der Waals surface area contributed by atoms with E-state index in [0.717, 1.165) is 25.8 Å². The highest BCUT2D eigenvalue weighted by Gasteiger charge is 2.37. The number of hydrogen-bond donors (Lipinski definition) is 1. The molecule has 1 N–H and O–H groups in total. The van der Waals surface area contributed by atoms with E-state index >= 15 is 0 Å².